The number of aryl methyl sites for hydroxylation is 2. The first-order chi connectivity index (χ1) is 13.3. The Morgan fingerprint density at radius 1 is 1.18 bits per heavy atom. The van der Waals surface area contributed by atoms with Crippen LogP contribution in [-0.4, -0.2) is 33.2 Å². The van der Waals surface area contributed by atoms with E-state index in [-0.39, 0.29) is 18.5 Å². The zero-order valence-electron chi connectivity index (χ0n) is 16.0. The maximum atomic E-state index is 12.8. The normalized spacial score (nSPS) is 19.4. The second-order valence-corrected chi connectivity index (χ2v) is 9.39. The summed E-state index contributed by atoms with van der Waals surface area (Å²) >= 11 is 0. The maximum Gasteiger partial charge on any atom is 0.263 e. The number of ether oxygens (including phenoxy) is 1. The fourth-order valence-corrected chi connectivity index (χ4v) is 4.82. The quantitative estimate of drug-likeness (QED) is 0.856. The van der Waals surface area contributed by atoms with Crippen LogP contribution in [0.2, 0.25) is 0 Å². The van der Waals surface area contributed by atoms with E-state index in [2.05, 4.69) is 23.5 Å². The van der Waals surface area contributed by atoms with E-state index in [1.54, 1.807) is 24.3 Å². The molecular formula is C21H24N2O4S. The monoisotopic (exact) mass is 400 g/mol. The summed E-state index contributed by atoms with van der Waals surface area (Å²) in [7, 11) is -3.52. The van der Waals surface area contributed by atoms with Crippen molar-refractivity contribution in [1.29, 1.82) is 0 Å². The minimum Gasteiger partial charge on any atom is -0.476 e. The first-order valence-corrected chi connectivity index (χ1v) is 11.3. The van der Waals surface area contributed by atoms with Gasteiger partial charge in [-0.15, -0.1) is 0 Å². The van der Waals surface area contributed by atoms with Crippen molar-refractivity contribution in [1.82, 2.24) is 5.32 Å². The van der Waals surface area contributed by atoms with Crippen molar-refractivity contribution in [2.45, 2.75) is 38.3 Å². The summed E-state index contributed by atoms with van der Waals surface area (Å²) in [6.07, 6.45) is 3.61. The molecule has 0 spiro atoms. The number of carbonyl (C=O) groups excluding carboxylic acids is 1. The number of amides is 1. The van der Waals surface area contributed by atoms with E-state index < -0.39 is 16.1 Å². The summed E-state index contributed by atoms with van der Waals surface area (Å²) in [5.41, 5.74) is 4.24. The van der Waals surface area contributed by atoms with Crippen molar-refractivity contribution < 1.29 is 17.9 Å². The molecule has 2 aromatic carbocycles. The molecule has 1 amide bonds. The number of nitrogens with zero attached hydrogens (tertiary/aromatic N) is 1. The predicted molar refractivity (Wildman–Crippen MR) is 108 cm³/mol. The molecule has 2 aliphatic rings. The molecule has 0 unspecified atom stereocenters. The van der Waals surface area contributed by atoms with Crippen LogP contribution in [0.1, 0.15) is 36.1 Å². The Hall–Kier alpha value is -2.54. The Morgan fingerprint density at radius 2 is 1.93 bits per heavy atom. The highest BCUT2D eigenvalue weighted by Gasteiger charge is 2.35. The molecule has 4 rings (SSSR count). The summed E-state index contributed by atoms with van der Waals surface area (Å²) in [4.78, 5) is 12.8. The topological polar surface area (TPSA) is 75.7 Å². The smallest absolute Gasteiger partial charge is 0.263 e. The second kappa shape index (κ2) is 7.13. The zero-order valence-corrected chi connectivity index (χ0v) is 16.8. The van der Waals surface area contributed by atoms with E-state index in [1.807, 2.05) is 6.92 Å². The average Bonchev–Trinajstić information content (AvgIpc) is 3.14. The van der Waals surface area contributed by atoms with Gasteiger partial charge < -0.3 is 10.1 Å². The number of rotatable bonds is 4. The van der Waals surface area contributed by atoms with Gasteiger partial charge in [-0.2, -0.15) is 0 Å². The van der Waals surface area contributed by atoms with Gasteiger partial charge in [0.15, 0.2) is 6.10 Å². The van der Waals surface area contributed by atoms with E-state index in [1.165, 1.54) is 21.9 Å². The molecule has 7 heteroatoms. The molecule has 148 valence electrons. The Kier molecular flexibility index (Phi) is 4.79. The molecular weight excluding hydrogens is 376 g/mol. The van der Waals surface area contributed by atoms with Crippen LogP contribution in [0.15, 0.2) is 42.5 Å². The second-order valence-electron chi connectivity index (χ2n) is 7.48. The molecule has 2 atom stereocenters. The maximum absolute atomic E-state index is 12.8. The third-order valence-electron chi connectivity index (χ3n) is 5.41. The van der Waals surface area contributed by atoms with Crippen molar-refractivity contribution in [3.63, 3.8) is 0 Å². The molecule has 0 radical (unpaired) electrons. The lowest BCUT2D eigenvalue weighted by atomic mass is 10.0. The average molecular weight is 401 g/mol. The van der Waals surface area contributed by atoms with E-state index in [0.29, 0.717) is 11.4 Å². The molecule has 28 heavy (non-hydrogen) atoms. The molecule has 6 nitrogen and oxygen atoms in total. The van der Waals surface area contributed by atoms with Crippen LogP contribution >= 0.6 is 0 Å². The van der Waals surface area contributed by atoms with E-state index in [9.17, 15) is 13.2 Å². The molecule has 0 bridgehead atoms. The minimum absolute atomic E-state index is 0.0431. The van der Waals surface area contributed by atoms with Gasteiger partial charge >= 0.3 is 0 Å². The van der Waals surface area contributed by atoms with Crippen LogP contribution in [0.5, 0.6) is 5.75 Å². The van der Waals surface area contributed by atoms with E-state index in [4.69, 9.17) is 4.74 Å². The number of benzene rings is 2. The zero-order chi connectivity index (χ0) is 19.9. The number of fused-ring (bicyclic) bond motifs is 2. The van der Waals surface area contributed by atoms with E-state index >= 15 is 0 Å². The molecule has 1 heterocycles. The van der Waals surface area contributed by atoms with Crippen molar-refractivity contribution in [3.8, 4) is 5.75 Å². The van der Waals surface area contributed by atoms with Crippen molar-refractivity contribution >= 4 is 21.6 Å². The van der Waals surface area contributed by atoms with Crippen LogP contribution in [0.4, 0.5) is 5.69 Å². The Morgan fingerprint density at radius 3 is 2.71 bits per heavy atom. The predicted octanol–water partition coefficient (Wildman–Crippen LogP) is 2.58. The minimum atomic E-state index is -3.52. The Labute approximate surface area is 165 Å². The number of nitrogens with one attached hydrogen (secondary N) is 1. The highest BCUT2D eigenvalue weighted by atomic mass is 32.2. The number of sulfonamides is 1. The van der Waals surface area contributed by atoms with Gasteiger partial charge in [0.05, 0.1) is 24.5 Å². The summed E-state index contributed by atoms with van der Waals surface area (Å²) in [6.45, 7) is 1.89. The van der Waals surface area contributed by atoms with Crippen LogP contribution in [0, 0.1) is 0 Å². The fourth-order valence-electron chi connectivity index (χ4n) is 3.90. The highest BCUT2D eigenvalue weighted by Crippen LogP contribution is 2.34. The summed E-state index contributed by atoms with van der Waals surface area (Å²) < 4.78 is 31.5. The lowest BCUT2D eigenvalue weighted by Gasteiger charge is -2.34. The van der Waals surface area contributed by atoms with Gasteiger partial charge in [0.2, 0.25) is 10.0 Å². The molecule has 0 saturated carbocycles. The van der Waals surface area contributed by atoms with E-state index in [0.717, 1.165) is 24.7 Å². The van der Waals surface area contributed by atoms with Gasteiger partial charge in [-0.25, -0.2) is 8.42 Å². The van der Waals surface area contributed by atoms with Gasteiger partial charge in [0, 0.05) is 0 Å². The molecule has 1 aliphatic carbocycles. The number of hydrogen-bond donors (Lipinski definition) is 1. The molecule has 0 fully saturated rings. The first-order valence-electron chi connectivity index (χ1n) is 9.48. The SMILES string of the molecule is C[C@H](NC(=O)[C@@H]1CN(S(C)(=O)=O)c2ccccc2O1)c1ccc2c(c1)CCC2. The summed E-state index contributed by atoms with van der Waals surface area (Å²) in [5, 5.41) is 2.97. The molecule has 1 aliphatic heterocycles. The molecule has 2 aromatic rings. The molecule has 1 N–H and O–H groups in total. The van der Waals surface area contributed by atoms with Crippen LogP contribution in [0.3, 0.4) is 0 Å². The fraction of sp³-hybridized carbons (Fsp3) is 0.381. The highest BCUT2D eigenvalue weighted by molar-refractivity contribution is 7.92. The van der Waals surface area contributed by atoms with Crippen molar-refractivity contribution in [2.24, 2.45) is 0 Å². The third kappa shape index (κ3) is 3.58. The van der Waals surface area contributed by atoms with Gasteiger partial charge in [-0.05, 0) is 55.0 Å². The third-order valence-corrected chi connectivity index (χ3v) is 6.56. The van der Waals surface area contributed by atoms with Gasteiger partial charge in [0.1, 0.15) is 5.75 Å². The van der Waals surface area contributed by atoms with Gasteiger partial charge in [0.25, 0.3) is 5.91 Å². The van der Waals surface area contributed by atoms with Crippen LogP contribution in [0.25, 0.3) is 0 Å². The lowest BCUT2D eigenvalue weighted by Crippen LogP contribution is -2.50. The largest absolute Gasteiger partial charge is 0.476 e. The summed E-state index contributed by atoms with van der Waals surface area (Å²) in [5.74, 6) is 0.0701. The lowest BCUT2D eigenvalue weighted by molar-refractivity contribution is -0.128. The van der Waals surface area contributed by atoms with Crippen molar-refractivity contribution in [3.05, 3.63) is 59.2 Å². The summed E-state index contributed by atoms with van der Waals surface area (Å²) in [6, 6.07) is 13.0. The standard InChI is InChI=1S/C21H24N2O4S/c1-14(16-11-10-15-6-5-7-17(15)12-16)22-21(24)20-13-23(28(2,25)26)18-8-3-4-9-19(18)27-20/h3-4,8-12,14,20H,5-7,13H2,1-2H3,(H,22,24)/t14-,20-/m0/s1. The Bertz CT molecular complexity index is 1020. The van der Waals surface area contributed by atoms with Crippen LogP contribution < -0.4 is 14.4 Å². The first kappa shape index (κ1) is 18.8. The number of para-hydroxylation sites is 2. The Balaban J connectivity index is 1.52. The number of anilines is 1. The number of carbonyl (C=O) groups is 1. The van der Waals surface area contributed by atoms with Crippen molar-refractivity contribution in [2.75, 3.05) is 17.1 Å². The molecule has 0 saturated heterocycles. The van der Waals surface area contributed by atoms with Crippen LogP contribution in [-0.2, 0) is 27.7 Å². The number of hydrogen-bond acceptors (Lipinski definition) is 4. The van der Waals surface area contributed by atoms with Gasteiger partial charge in [-0.1, -0.05) is 30.3 Å². The molecule has 0 aromatic heterocycles. The van der Waals surface area contributed by atoms with Gasteiger partial charge in [-0.3, -0.25) is 9.10 Å².